The number of aromatic nitrogens is 1. The van der Waals surface area contributed by atoms with Gasteiger partial charge in [0.2, 0.25) is 0 Å². The number of hydrogen-bond donors (Lipinski definition) is 2. The molecule has 3 rings (SSSR count). The van der Waals surface area contributed by atoms with Crippen LogP contribution >= 0.6 is 11.8 Å². The van der Waals surface area contributed by atoms with Crippen molar-refractivity contribution in [1.29, 1.82) is 0 Å². The lowest BCUT2D eigenvalue weighted by Crippen LogP contribution is -2.17. The van der Waals surface area contributed by atoms with E-state index in [4.69, 9.17) is 4.74 Å². The van der Waals surface area contributed by atoms with E-state index in [1.54, 1.807) is 11.8 Å². The molecule has 2 aromatic rings. The van der Waals surface area contributed by atoms with Gasteiger partial charge in [-0.2, -0.15) is 0 Å². The van der Waals surface area contributed by atoms with Crippen molar-refractivity contribution >= 4 is 28.6 Å². The summed E-state index contributed by atoms with van der Waals surface area (Å²) in [5.41, 5.74) is 1.02. The zero-order valence-electron chi connectivity index (χ0n) is 13.0. The molecule has 0 saturated heterocycles. The molecular weight excluding hydrogens is 296 g/mol. The number of thioether (sulfide) groups is 1. The summed E-state index contributed by atoms with van der Waals surface area (Å²) in [4.78, 5) is 8.04. The third-order valence-electron chi connectivity index (χ3n) is 3.67. The summed E-state index contributed by atoms with van der Waals surface area (Å²) in [6.07, 6.45) is 1.48. The molecule has 0 saturated carbocycles. The van der Waals surface area contributed by atoms with Crippen molar-refractivity contribution in [2.75, 3.05) is 13.2 Å². The third kappa shape index (κ3) is 3.65. The largest absolute Gasteiger partial charge is 0.478 e. The minimum atomic E-state index is -0.120. The lowest BCUT2D eigenvalue weighted by molar-refractivity contribution is 0.268. The molecular formula is C17H22N2O2S. The number of nitrogens with zero attached hydrogens (tertiary/aromatic N) is 1. The Hall–Kier alpha value is -1.46. The van der Waals surface area contributed by atoms with Gasteiger partial charge in [-0.1, -0.05) is 18.2 Å². The highest BCUT2D eigenvalue weighted by Gasteiger charge is 2.28. The first-order valence-corrected chi connectivity index (χ1v) is 8.50. The van der Waals surface area contributed by atoms with E-state index in [1.165, 1.54) is 5.39 Å². The average molecular weight is 318 g/mol. The molecule has 1 atom stereocenters. The van der Waals surface area contributed by atoms with Gasteiger partial charge in [-0.05, 0) is 32.4 Å². The predicted molar refractivity (Wildman–Crippen MR) is 91.7 cm³/mol. The maximum Gasteiger partial charge on any atom is 0.185 e. The van der Waals surface area contributed by atoms with Crippen LogP contribution < -0.4 is 0 Å². The van der Waals surface area contributed by atoms with Crippen molar-refractivity contribution in [3.05, 3.63) is 30.3 Å². The molecule has 0 fully saturated rings. The molecule has 0 amide bonds. The van der Waals surface area contributed by atoms with Crippen molar-refractivity contribution in [3.8, 4) is 0 Å². The van der Waals surface area contributed by atoms with Gasteiger partial charge in [0.1, 0.15) is 6.61 Å². The second-order valence-corrected chi connectivity index (χ2v) is 7.63. The van der Waals surface area contributed by atoms with Crippen molar-refractivity contribution in [2.24, 2.45) is 4.99 Å². The second kappa shape index (κ2) is 6.34. The summed E-state index contributed by atoms with van der Waals surface area (Å²) in [7, 11) is 0. The molecule has 1 unspecified atom stereocenters. The number of rotatable bonds is 6. The van der Waals surface area contributed by atoms with Crippen LogP contribution in [0.5, 0.6) is 0 Å². The summed E-state index contributed by atoms with van der Waals surface area (Å²) in [5, 5.41) is 11.9. The maximum absolute atomic E-state index is 9.33. The highest BCUT2D eigenvalue weighted by Crippen LogP contribution is 2.31. The van der Waals surface area contributed by atoms with Gasteiger partial charge >= 0.3 is 0 Å². The average Bonchev–Trinajstić information content (AvgIpc) is 3.01. The molecule has 1 aliphatic rings. The molecule has 2 heterocycles. The third-order valence-corrected chi connectivity index (χ3v) is 4.88. The van der Waals surface area contributed by atoms with E-state index in [2.05, 4.69) is 42.0 Å². The molecule has 0 bridgehead atoms. The molecule has 5 heteroatoms. The molecule has 2 N–H and O–H groups in total. The number of ether oxygens (including phenoxy) is 1. The van der Waals surface area contributed by atoms with Crippen LogP contribution in [0.25, 0.3) is 10.9 Å². The Morgan fingerprint density at radius 2 is 2.23 bits per heavy atom. The first-order chi connectivity index (χ1) is 10.6. The van der Waals surface area contributed by atoms with E-state index in [0.717, 1.165) is 29.3 Å². The van der Waals surface area contributed by atoms with E-state index in [-0.39, 0.29) is 17.4 Å². The SMILES string of the molecule is CC1(C)COC(CC(CCO)Sc2cc3ccccc3[nH]2)=N1. The first kappa shape index (κ1) is 15.4. The van der Waals surface area contributed by atoms with Gasteiger partial charge in [0.25, 0.3) is 0 Å². The zero-order valence-corrected chi connectivity index (χ0v) is 13.8. The monoisotopic (exact) mass is 318 g/mol. The molecule has 0 spiro atoms. The van der Waals surface area contributed by atoms with Crippen LogP contribution in [0.2, 0.25) is 0 Å². The number of benzene rings is 1. The molecule has 22 heavy (non-hydrogen) atoms. The van der Waals surface area contributed by atoms with Crippen LogP contribution in [0.3, 0.4) is 0 Å². The van der Waals surface area contributed by atoms with E-state index in [9.17, 15) is 5.11 Å². The molecule has 1 aliphatic heterocycles. The highest BCUT2D eigenvalue weighted by atomic mass is 32.2. The number of aromatic amines is 1. The van der Waals surface area contributed by atoms with Crippen molar-refractivity contribution < 1.29 is 9.84 Å². The maximum atomic E-state index is 9.33. The number of aliphatic hydroxyl groups is 1. The Morgan fingerprint density at radius 1 is 1.41 bits per heavy atom. The Bertz CT molecular complexity index is 645. The van der Waals surface area contributed by atoms with Crippen LogP contribution in [0.4, 0.5) is 0 Å². The van der Waals surface area contributed by atoms with E-state index in [0.29, 0.717) is 6.61 Å². The van der Waals surface area contributed by atoms with Crippen LogP contribution in [-0.2, 0) is 4.74 Å². The number of H-pyrrole nitrogens is 1. The fourth-order valence-electron chi connectivity index (χ4n) is 2.60. The standard InChI is InChI=1S/C17H22N2O2S/c1-17(2)11-21-15(19-17)10-13(7-8-20)22-16-9-12-5-3-4-6-14(12)18-16/h3-6,9,13,18,20H,7-8,10-11H2,1-2H3. The van der Waals surface area contributed by atoms with Gasteiger partial charge in [-0.15, -0.1) is 11.8 Å². The molecule has 0 radical (unpaired) electrons. The van der Waals surface area contributed by atoms with Crippen molar-refractivity contribution in [2.45, 2.75) is 42.5 Å². The second-order valence-electron chi connectivity index (χ2n) is 6.28. The summed E-state index contributed by atoms with van der Waals surface area (Å²) in [6.45, 7) is 4.97. The molecule has 1 aromatic carbocycles. The lowest BCUT2D eigenvalue weighted by Gasteiger charge is -2.14. The molecule has 1 aromatic heterocycles. The van der Waals surface area contributed by atoms with Crippen molar-refractivity contribution in [3.63, 3.8) is 0 Å². The lowest BCUT2D eigenvalue weighted by atomic mass is 10.1. The minimum absolute atomic E-state index is 0.120. The van der Waals surface area contributed by atoms with Crippen LogP contribution in [-0.4, -0.2) is 40.0 Å². The number of para-hydroxylation sites is 1. The Morgan fingerprint density at radius 3 is 2.91 bits per heavy atom. The van der Waals surface area contributed by atoms with Gasteiger partial charge in [-0.25, -0.2) is 4.99 Å². The van der Waals surface area contributed by atoms with E-state index in [1.807, 2.05) is 12.1 Å². The highest BCUT2D eigenvalue weighted by molar-refractivity contribution is 7.99. The fourth-order valence-corrected chi connectivity index (χ4v) is 3.77. The Kier molecular flexibility index (Phi) is 4.45. The minimum Gasteiger partial charge on any atom is -0.478 e. The summed E-state index contributed by atoms with van der Waals surface area (Å²) in [5.74, 6) is 0.812. The first-order valence-electron chi connectivity index (χ1n) is 7.62. The van der Waals surface area contributed by atoms with Gasteiger partial charge in [0, 0.05) is 29.2 Å². The summed E-state index contributed by atoms with van der Waals surface area (Å²) < 4.78 is 5.69. The van der Waals surface area contributed by atoms with E-state index < -0.39 is 0 Å². The number of fused-ring (bicyclic) bond motifs is 1. The topological polar surface area (TPSA) is 57.6 Å². The predicted octanol–water partition coefficient (Wildman–Crippen LogP) is 3.61. The molecule has 118 valence electrons. The van der Waals surface area contributed by atoms with Gasteiger partial charge in [0.05, 0.1) is 10.6 Å². The normalized spacial score (nSPS) is 18.2. The summed E-state index contributed by atoms with van der Waals surface area (Å²) >= 11 is 1.75. The molecule has 0 aliphatic carbocycles. The number of hydrogen-bond acceptors (Lipinski definition) is 4. The van der Waals surface area contributed by atoms with Crippen LogP contribution in [0.15, 0.2) is 40.4 Å². The van der Waals surface area contributed by atoms with Gasteiger partial charge < -0.3 is 14.8 Å². The summed E-state index contributed by atoms with van der Waals surface area (Å²) in [6, 6.07) is 10.4. The number of nitrogens with one attached hydrogen (secondary N) is 1. The van der Waals surface area contributed by atoms with E-state index >= 15 is 0 Å². The van der Waals surface area contributed by atoms with Gasteiger partial charge in [-0.3, -0.25) is 0 Å². The number of aliphatic imine (C=N–C) groups is 1. The fraction of sp³-hybridized carbons (Fsp3) is 0.471. The smallest absolute Gasteiger partial charge is 0.185 e. The number of aliphatic hydroxyl groups excluding tert-OH is 1. The van der Waals surface area contributed by atoms with Crippen molar-refractivity contribution in [1.82, 2.24) is 4.98 Å². The molecule has 4 nitrogen and oxygen atoms in total. The quantitative estimate of drug-likeness (QED) is 0.800. The van der Waals surface area contributed by atoms with Gasteiger partial charge in [0.15, 0.2) is 5.90 Å². The Labute approximate surface area is 135 Å². The van der Waals surface area contributed by atoms with Crippen LogP contribution in [0, 0.1) is 0 Å². The van der Waals surface area contributed by atoms with Crippen LogP contribution in [0.1, 0.15) is 26.7 Å². The Balaban J connectivity index is 1.71. The zero-order chi connectivity index (χ0) is 15.6.